The second kappa shape index (κ2) is 6.66. The minimum atomic E-state index is -0.343. The van der Waals surface area contributed by atoms with E-state index in [0.717, 1.165) is 35.5 Å². The Kier molecular flexibility index (Phi) is 4.61. The Morgan fingerprint density at radius 1 is 1.35 bits per heavy atom. The molecule has 6 heteroatoms. The molecule has 0 atom stereocenters. The van der Waals surface area contributed by atoms with Crippen molar-refractivity contribution in [1.82, 2.24) is 14.7 Å². The highest BCUT2D eigenvalue weighted by Gasteiger charge is 2.17. The maximum Gasteiger partial charge on any atom is 0.271 e. The Morgan fingerprint density at radius 2 is 2.09 bits per heavy atom. The van der Waals surface area contributed by atoms with Gasteiger partial charge in [-0.15, -0.1) is 0 Å². The molecule has 2 aromatic rings. The number of piperidine rings is 1. The number of likely N-dealkylation sites (tertiary alicyclic amines) is 1. The molecule has 0 amide bonds. The van der Waals surface area contributed by atoms with E-state index in [-0.39, 0.29) is 10.6 Å². The lowest BCUT2D eigenvalue weighted by molar-refractivity contribution is -0.384. The van der Waals surface area contributed by atoms with Gasteiger partial charge in [0, 0.05) is 24.1 Å². The fourth-order valence-corrected chi connectivity index (χ4v) is 3.49. The summed E-state index contributed by atoms with van der Waals surface area (Å²) in [6, 6.07) is 5.01. The van der Waals surface area contributed by atoms with Crippen LogP contribution in [0.5, 0.6) is 0 Å². The van der Waals surface area contributed by atoms with Crippen LogP contribution in [0.15, 0.2) is 18.2 Å². The first-order valence-corrected chi connectivity index (χ1v) is 8.34. The first-order chi connectivity index (χ1) is 11.0. The molecule has 1 saturated heterocycles. The Balaban J connectivity index is 1.67. The summed E-state index contributed by atoms with van der Waals surface area (Å²) >= 11 is 0. The van der Waals surface area contributed by atoms with Crippen LogP contribution in [0.25, 0.3) is 10.9 Å². The third-order valence-electron chi connectivity index (χ3n) is 4.95. The molecule has 1 aromatic carbocycles. The predicted octanol–water partition coefficient (Wildman–Crippen LogP) is 3.37. The first-order valence-electron chi connectivity index (χ1n) is 8.34. The van der Waals surface area contributed by atoms with E-state index in [0.29, 0.717) is 0 Å². The lowest BCUT2D eigenvalue weighted by atomic mass is 9.92. The van der Waals surface area contributed by atoms with Crippen molar-refractivity contribution in [2.45, 2.75) is 39.2 Å². The van der Waals surface area contributed by atoms with Crippen molar-refractivity contribution in [2.75, 3.05) is 20.1 Å². The average molecular weight is 316 g/mol. The molecule has 124 valence electrons. The molecule has 0 unspecified atom stereocenters. The molecule has 1 aliphatic rings. The molecule has 1 aliphatic heterocycles. The molecular formula is C17H24N4O2. The molecule has 0 radical (unpaired) electrons. The van der Waals surface area contributed by atoms with Gasteiger partial charge >= 0.3 is 0 Å². The number of fused-ring (bicyclic) bond motifs is 1. The van der Waals surface area contributed by atoms with Gasteiger partial charge in [-0.1, -0.05) is 0 Å². The zero-order valence-corrected chi connectivity index (χ0v) is 13.9. The minimum absolute atomic E-state index is 0.133. The summed E-state index contributed by atoms with van der Waals surface area (Å²) in [7, 11) is 2.18. The van der Waals surface area contributed by atoms with Crippen LogP contribution in [0, 0.1) is 23.0 Å². The molecule has 6 nitrogen and oxygen atoms in total. The van der Waals surface area contributed by atoms with Crippen molar-refractivity contribution < 1.29 is 4.92 Å². The van der Waals surface area contributed by atoms with Crippen LogP contribution in [0.1, 0.15) is 31.4 Å². The van der Waals surface area contributed by atoms with Crippen LogP contribution in [0.4, 0.5) is 5.69 Å². The summed E-state index contributed by atoms with van der Waals surface area (Å²) in [4.78, 5) is 13.0. The molecule has 0 bridgehead atoms. The summed E-state index contributed by atoms with van der Waals surface area (Å²) in [6.45, 7) is 5.18. The van der Waals surface area contributed by atoms with Gasteiger partial charge in [-0.05, 0) is 64.7 Å². The SMILES string of the molecule is Cc1nn(CCCC2CCN(C)CC2)c2cc([N+](=O)[O-])ccc12. The maximum atomic E-state index is 11.0. The third kappa shape index (κ3) is 3.52. The fourth-order valence-electron chi connectivity index (χ4n) is 3.49. The number of nitro groups is 1. The highest BCUT2D eigenvalue weighted by Crippen LogP contribution is 2.25. The molecule has 1 fully saturated rings. The number of non-ortho nitro benzene ring substituents is 1. The molecule has 0 N–H and O–H groups in total. The van der Waals surface area contributed by atoms with Gasteiger partial charge < -0.3 is 4.90 Å². The van der Waals surface area contributed by atoms with Crippen molar-refractivity contribution in [3.63, 3.8) is 0 Å². The highest BCUT2D eigenvalue weighted by molar-refractivity contribution is 5.83. The van der Waals surface area contributed by atoms with Crippen molar-refractivity contribution in [2.24, 2.45) is 5.92 Å². The zero-order chi connectivity index (χ0) is 16.4. The molecule has 1 aromatic heterocycles. The van der Waals surface area contributed by atoms with Crippen LogP contribution < -0.4 is 0 Å². The lowest BCUT2D eigenvalue weighted by Crippen LogP contribution is -2.30. The van der Waals surface area contributed by atoms with Crippen molar-refractivity contribution in [3.8, 4) is 0 Å². The minimum Gasteiger partial charge on any atom is -0.306 e. The number of nitro benzene ring substituents is 1. The van der Waals surface area contributed by atoms with E-state index in [1.807, 2.05) is 17.7 Å². The third-order valence-corrected chi connectivity index (χ3v) is 4.95. The Bertz CT molecular complexity index is 702. The summed E-state index contributed by atoms with van der Waals surface area (Å²) in [5.74, 6) is 0.809. The standard InChI is InChI=1S/C17H24N4O2/c1-13-16-6-5-15(21(22)23)12-17(16)20(18-13)9-3-4-14-7-10-19(2)11-8-14/h5-6,12,14H,3-4,7-11H2,1-2H3. The number of hydrogen-bond acceptors (Lipinski definition) is 4. The topological polar surface area (TPSA) is 64.2 Å². The van der Waals surface area contributed by atoms with Gasteiger partial charge in [-0.25, -0.2) is 0 Å². The van der Waals surface area contributed by atoms with Gasteiger partial charge in [-0.3, -0.25) is 14.8 Å². The molecule has 0 spiro atoms. The number of benzene rings is 1. The molecule has 23 heavy (non-hydrogen) atoms. The van der Waals surface area contributed by atoms with E-state index in [9.17, 15) is 10.1 Å². The number of hydrogen-bond donors (Lipinski definition) is 0. The van der Waals surface area contributed by atoms with Crippen LogP contribution in [0.3, 0.4) is 0 Å². The fraction of sp³-hybridized carbons (Fsp3) is 0.588. The Labute approximate surface area is 136 Å². The normalized spacial score (nSPS) is 17.0. The van der Waals surface area contributed by atoms with Gasteiger partial charge in [0.15, 0.2) is 0 Å². The first kappa shape index (κ1) is 15.9. The Hall–Kier alpha value is -1.95. The van der Waals surface area contributed by atoms with Crippen molar-refractivity contribution in [3.05, 3.63) is 34.0 Å². The van der Waals surface area contributed by atoms with Gasteiger partial charge in [0.2, 0.25) is 0 Å². The Morgan fingerprint density at radius 3 is 2.78 bits per heavy atom. The quantitative estimate of drug-likeness (QED) is 0.626. The summed E-state index contributed by atoms with van der Waals surface area (Å²) in [5, 5.41) is 16.6. The molecule has 3 rings (SSSR count). The van der Waals surface area contributed by atoms with Gasteiger partial charge in [0.05, 0.1) is 16.1 Å². The van der Waals surface area contributed by atoms with Crippen LogP contribution in [-0.2, 0) is 6.54 Å². The van der Waals surface area contributed by atoms with Crippen molar-refractivity contribution in [1.29, 1.82) is 0 Å². The second-order valence-corrected chi connectivity index (χ2v) is 6.66. The monoisotopic (exact) mass is 316 g/mol. The van der Waals surface area contributed by atoms with Crippen LogP contribution >= 0.6 is 0 Å². The molecule has 0 aliphatic carbocycles. The lowest BCUT2D eigenvalue weighted by Gasteiger charge is -2.28. The predicted molar refractivity (Wildman–Crippen MR) is 90.6 cm³/mol. The average Bonchev–Trinajstić information content (AvgIpc) is 2.85. The molecular weight excluding hydrogens is 292 g/mol. The number of rotatable bonds is 5. The molecule has 0 saturated carbocycles. The van der Waals surface area contributed by atoms with Gasteiger partial charge in [0.1, 0.15) is 0 Å². The van der Waals surface area contributed by atoms with Gasteiger partial charge in [-0.2, -0.15) is 5.10 Å². The number of nitrogens with zero attached hydrogens (tertiary/aromatic N) is 4. The zero-order valence-electron chi connectivity index (χ0n) is 13.9. The maximum absolute atomic E-state index is 11.0. The summed E-state index contributed by atoms with van der Waals surface area (Å²) < 4.78 is 1.94. The summed E-state index contributed by atoms with van der Waals surface area (Å²) in [6.07, 6.45) is 4.85. The van der Waals surface area contributed by atoms with E-state index in [1.54, 1.807) is 12.1 Å². The van der Waals surface area contributed by atoms with E-state index in [4.69, 9.17) is 0 Å². The van der Waals surface area contributed by atoms with E-state index >= 15 is 0 Å². The van der Waals surface area contributed by atoms with E-state index < -0.39 is 0 Å². The van der Waals surface area contributed by atoms with Crippen molar-refractivity contribution >= 4 is 16.6 Å². The van der Waals surface area contributed by atoms with Crippen LogP contribution in [0.2, 0.25) is 0 Å². The number of aryl methyl sites for hydroxylation is 2. The van der Waals surface area contributed by atoms with E-state index in [2.05, 4.69) is 17.0 Å². The second-order valence-electron chi connectivity index (χ2n) is 6.66. The largest absolute Gasteiger partial charge is 0.306 e. The van der Waals surface area contributed by atoms with Crippen LogP contribution in [-0.4, -0.2) is 39.7 Å². The molecule has 2 heterocycles. The number of aromatic nitrogens is 2. The van der Waals surface area contributed by atoms with E-state index in [1.165, 1.54) is 32.4 Å². The highest BCUT2D eigenvalue weighted by atomic mass is 16.6. The smallest absolute Gasteiger partial charge is 0.271 e. The van der Waals surface area contributed by atoms with Gasteiger partial charge in [0.25, 0.3) is 5.69 Å². The summed E-state index contributed by atoms with van der Waals surface area (Å²) in [5.41, 5.74) is 1.95.